The van der Waals surface area contributed by atoms with Crippen LogP contribution < -0.4 is 14.8 Å². The van der Waals surface area contributed by atoms with Crippen LogP contribution in [0.25, 0.3) is 0 Å². The smallest absolute Gasteiger partial charge is 0.254 e. The Balaban J connectivity index is 2.77. The monoisotopic (exact) mass is 350 g/mol. The molecule has 6 heteroatoms. The van der Waals surface area contributed by atoms with Crippen molar-refractivity contribution in [2.75, 3.05) is 27.3 Å². The number of carbonyl (C=O) groups is 2. The summed E-state index contributed by atoms with van der Waals surface area (Å²) in [6, 6.07) is 5.10. The van der Waals surface area contributed by atoms with Gasteiger partial charge < -0.3 is 19.7 Å². The summed E-state index contributed by atoms with van der Waals surface area (Å²) in [6.07, 6.45) is 0.942. The van der Waals surface area contributed by atoms with Gasteiger partial charge in [0.1, 0.15) is 0 Å². The maximum absolute atomic E-state index is 12.5. The van der Waals surface area contributed by atoms with E-state index in [0.717, 1.165) is 6.42 Å². The highest BCUT2D eigenvalue weighted by atomic mass is 16.5. The number of amides is 2. The molecule has 0 atom stereocenters. The topological polar surface area (TPSA) is 67.9 Å². The summed E-state index contributed by atoms with van der Waals surface area (Å²) in [7, 11) is 3.14. The van der Waals surface area contributed by atoms with Crippen molar-refractivity contribution >= 4 is 11.8 Å². The van der Waals surface area contributed by atoms with E-state index in [2.05, 4.69) is 19.2 Å². The predicted molar refractivity (Wildman–Crippen MR) is 98.2 cm³/mol. The molecule has 0 aliphatic carbocycles. The van der Waals surface area contributed by atoms with Crippen molar-refractivity contribution in [3.63, 3.8) is 0 Å². The Morgan fingerprint density at radius 2 is 1.84 bits per heavy atom. The summed E-state index contributed by atoms with van der Waals surface area (Å²) in [5.41, 5.74) is 0.452. The maximum atomic E-state index is 12.5. The lowest BCUT2D eigenvalue weighted by molar-refractivity contribution is -0.122. The molecule has 0 heterocycles. The minimum atomic E-state index is -0.245. The summed E-state index contributed by atoms with van der Waals surface area (Å²) >= 11 is 0. The number of nitrogens with zero attached hydrogens (tertiary/aromatic N) is 1. The van der Waals surface area contributed by atoms with Crippen molar-refractivity contribution in [2.24, 2.45) is 5.92 Å². The number of methoxy groups -OCH3 is 1. The van der Waals surface area contributed by atoms with Crippen LogP contribution >= 0.6 is 0 Å². The first kappa shape index (κ1) is 20.8. The quantitative estimate of drug-likeness (QED) is 0.743. The lowest BCUT2D eigenvalue weighted by atomic mass is 10.1. The molecule has 1 rings (SSSR count). The third-order valence-corrected chi connectivity index (χ3v) is 3.54. The lowest BCUT2D eigenvalue weighted by Gasteiger charge is -2.19. The van der Waals surface area contributed by atoms with E-state index >= 15 is 0 Å². The molecule has 1 aromatic rings. The van der Waals surface area contributed by atoms with Gasteiger partial charge in [0.25, 0.3) is 5.91 Å². The molecule has 6 nitrogen and oxygen atoms in total. The second kappa shape index (κ2) is 9.91. The summed E-state index contributed by atoms with van der Waals surface area (Å²) in [6.45, 7) is 8.62. The molecule has 1 aromatic carbocycles. The number of ether oxygens (including phenoxy) is 2. The van der Waals surface area contributed by atoms with Crippen molar-refractivity contribution in [3.8, 4) is 11.5 Å². The maximum Gasteiger partial charge on any atom is 0.254 e. The average Bonchev–Trinajstić information content (AvgIpc) is 2.53. The average molecular weight is 350 g/mol. The van der Waals surface area contributed by atoms with E-state index in [-0.39, 0.29) is 24.4 Å². The van der Waals surface area contributed by atoms with Crippen molar-refractivity contribution in [1.29, 1.82) is 0 Å². The van der Waals surface area contributed by atoms with E-state index < -0.39 is 0 Å². The summed E-state index contributed by atoms with van der Waals surface area (Å²) in [5, 5.41) is 2.77. The normalized spacial score (nSPS) is 10.7. The van der Waals surface area contributed by atoms with Gasteiger partial charge in [0.05, 0.1) is 20.3 Å². The summed E-state index contributed by atoms with van der Waals surface area (Å²) < 4.78 is 11.1. The first-order valence-electron chi connectivity index (χ1n) is 8.60. The minimum Gasteiger partial charge on any atom is -0.493 e. The van der Waals surface area contributed by atoms with E-state index in [1.165, 1.54) is 4.90 Å². The van der Waals surface area contributed by atoms with Gasteiger partial charge in [-0.15, -0.1) is 0 Å². The van der Waals surface area contributed by atoms with E-state index in [0.29, 0.717) is 29.6 Å². The molecule has 2 amide bonds. The van der Waals surface area contributed by atoms with E-state index in [9.17, 15) is 9.59 Å². The van der Waals surface area contributed by atoms with Crippen molar-refractivity contribution in [1.82, 2.24) is 10.2 Å². The molecule has 0 aliphatic heterocycles. The molecular formula is C19H30N2O4. The molecule has 0 unspecified atom stereocenters. The van der Waals surface area contributed by atoms with Crippen LogP contribution in [-0.4, -0.2) is 50.1 Å². The second-order valence-corrected chi connectivity index (χ2v) is 6.78. The third-order valence-electron chi connectivity index (χ3n) is 3.54. The number of nitrogens with one attached hydrogen (secondary N) is 1. The largest absolute Gasteiger partial charge is 0.493 e. The Morgan fingerprint density at radius 3 is 2.40 bits per heavy atom. The number of likely N-dealkylation sites (N-methyl/N-ethyl adjacent to an activating group) is 1. The number of hydrogen-bond acceptors (Lipinski definition) is 4. The highest BCUT2D eigenvalue weighted by Gasteiger charge is 2.17. The van der Waals surface area contributed by atoms with Crippen LogP contribution in [-0.2, 0) is 4.79 Å². The molecule has 0 saturated heterocycles. The molecule has 140 valence electrons. The van der Waals surface area contributed by atoms with Crippen LogP contribution in [0.3, 0.4) is 0 Å². The zero-order valence-corrected chi connectivity index (χ0v) is 16.1. The first-order chi connectivity index (χ1) is 11.7. The fraction of sp³-hybridized carbons (Fsp3) is 0.579. The van der Waals surface area contributed by atoms with Gasteiger partial charge in [0.15, 0.2) is 11.5 Å². The number of hydrogen-bond donors (Lipinski definition) is 1. The minimum absolute atomic E-state index is 0.00592. The molecule has 0 bridgehead atoms. The summed E-state index contributed by atoms with van der Waals surface area (Å²) in [5.74, 6) is 1.24. The molecule has 0 saturated carbocycles. The molecule has 0 radical (unpaired) electrons. The molecule has 0 aromatic heterocycles. The molecule has 1 N–H and O–H groups in total. The van der Waals surface area contributed by atoms with Crippen molar-refractivity contribution < 1.29 is 19.1 Å². The van der Waals surface area contributed by atoms with Crippen LogP contribution in [0, 0.1) is 5.92 Å². The third kappa shape index (κ3) is 7.03. The molecule has 25 heavy (non-hydrogen) atoms. The first-order valence-corrected chi connectivity index (χ1v) is 8.60. The van der Waals surface area contributed by atoms with Crippen molar-refractivity contribution in [3.05, 3.63) is 23.8 Å². The Labute approximate surface area is 150 Å². The fourth-order valence-corrected chi connectivity index (χ4v) is 2.20. The van der Waals surface area contributed by atoms with Crippen LogP contribution in [0.15, 0.2) is 18.2 Å². The number of carbonyl (C=O) groups excluding carboxylic acids is 2. The Bertz CT molecular complexity index is 585. The fourth-order valence-electron chi connectivity index (χ4n) is 2.20. The van der Waals surface area contributed by atoms with Gasteiger partial charge in [-0.2, -0.15) is 0 Å². The molecule has 0 spiro atoms. The van der Waals surface area contributed by atoms with Crippen LogP contribution in [0.4, 0.5) is 0 Å². The van der Waals surface area contributed by atoms with Gasteiger partial charge in [-0.25, -0.2) is 0 Å². The Kier molecular flexibility index (Phi) is 8.25. The van der Waals surface area contributed by atoms with E-state index in [1.807, 2.05) is 13.8 Å². The van der Waals surface area contributed by atoms with Crippen LogP contribution in [0.2, 0.25) is 0 Å². The van der Waals surface area contributed by atoms with Gasteiger partial charge in [-0.05, 0) is 44.4 Å². The van der Waals surface area contributed by atoms with Gasteiger partial charge in [-0.1, -0.05) is 13.8 Å². The van der Waals surface area contributed by atoms with Gasteiger partial charge in [-0.3, -0.25) is 9.59 Å². The number of rotatable bonds is 9. The standard InChI is InChI=1S/C19H30N2O4/c1-13(2)9-10-25-16-8-7-15(11-17(16)24-6)19(23)21(5)12-18(22)20-14(3)4/h7-8,11,13-14H,9-10,12H2,1-6H3,(H,20,22). The van der Waals surface area contributed by atoms with E-state index in [1.54, 1.807) is 32.4 Å². The van der Waals surface area contributed by atoms with E-state index in [4.69, 9.17) is 9.47 Å². The van der Waals surface area contributed by atoms with Gasteiger partial charge >= 0.3 is 0 Å². The van der Waals surface area contributed by atoms with Crippen molar-refractivity contribution in [2.45, 2.75) is 40.2 Å². The number of benzene rings is 1. The predicted octanol–water partition coefficient (Wildman–Crippen LogP) is 2.72. The Hall–Kier alpha value is -2.24. The van der Waals surface area contributed by atoms with Crippen LogP contribution in [0.5, 0.6) is 11.5 Å². The molecule has 0 fully saturated rings. The van der Waals surface area contributed by atoms with Gasteiger partial charge in [0, 0.05) is 18.7 Å². The summed E-state index contributed by atoms with van der Waals surface area (Å²) in [4.78, 5) is 25.7. The highest BCUT2D eigenvalue weighted by molar-refractivity contribution is 5.96. The SMILES string of the molecule is COc1cc(C(=O)N(C)CC(=O)NC(C)C)ccc1OCCC(C)C. The molecule has 0 aliphatic rings. The Morgan fingerprint density at radius 1 is 1.16 bits per heavy atom. The van der Waals surface area contributed by atoms with Crippen LogP contribution in [0.1, 0.15) is 44.5 Å². The van der Waals surface area contributed by atoms with Gasteiger partial charge in [0.2, 0.25) is 5.91 Å². The zero-order valence-electron chi connectivity index (χ0n) is 16.1. The highest BCUT2D eigenvalue weighted by Crippen LogP contribution is 2.28. The second-order valence-electron chi connectivity index (χ2n) is 6.78. The lowest BCUT2D eigenvalue weighted by Crippen LogP contribution is -2.40. The molecular weight excluding hydrogens is 320 g/mol. The zero-order chi connectivity index (χ0) is 19.0.